The standard InChI is InChI=1S/C18H21F2N3O/c1-12(11-16(21)24-13-7-3-2-4-8-13)23-15-10-6-5-9-14(15)22-18(23)17(19)20/h5-6,9-11,13,17,21H,2-4,7-8H2,1H3/b12-11+,21-16?. The quantitative estimate of drug-likeness (QED) is 0.620. The average Bonchev–Trinajstić information content (AvgIpc) is 2.95. The van der Waals surface area contributed by atoms with Crippen LogP contribution < -0.4 is 0 Å². The SMILES string of the molecule is C/C(=C\C(=N)OC1CCCCC1)n1c(C(F)F)nc2ccccc21. The van der Waals surface area contributed by atoms with Crippen molar-refractivity contribution in [1.82, 2.24) is 9.55 Å². The summed E-state index contributed by atoms with van der Waals surface area (Å²) >= 11 is 0. The Balaban J connectivity index is 1.88. The normalized spacial score (nSPS) is 16.8. The molecule has 1 aromatic carbocycles. The molecule has 0 atom stereocenters. The molecule has 128 valence electrons. The molecule has 6 heteroatoms. The number of hydrogen-bond donors (Lipinski definition) is 1. The molecular weight excluding hydrogens is 312 g/mol. The monoisotopic (exact) mass is 333 g/mol. The Bertz CT molecular complexity index is 761. The van der Waals surface area contributed by atoms with Gasteiger partial charge in [0.2, 0.25) is 5.90 Å². The molecule has 0 unspecified atom stereocenters. The lowest BCUT2D eigenvalue weighted by molar-refractivity contribution is 0.139. The first-order chi connectivity index (χ1) is 11.6. The highest BCUT2D eigenvalue weighted by Gasteiger charge is 2.20. The van der Waals surface area contributed by atoms with Gasteiger partial charge in [0.1, 0.15) is 6.10 Å². The largest absolute Gasteiger partial charge is 0.475 e. The molecule has 0 radical (unpaired) electrons. The number of imidazole rings is 1. The molecule has 0 aliphatic heterocycles. The Labute approximate surface area is 139 Å². The van der Waals surface area contributed by atoms with Crippen LogP contribution in [0.2, 0.25) is 0 Å². The summed E-state index contributed by atoms with van der Waals surface area (Å²) in [6, 6.07) is 7.00. The van der Waals surface area contributed by atoms with Crippen molar-refractivity contribution < 1.29 is 13.5 Å². The zero-order valence-corrected chi connectivity index (χ0v) is 13.6. The number of rotatable bonds is 4. The van der Waals surface area contributed by atoms with Crippen LogP contribution in [0.1, 0.15) is 51.3 Å². The number of hydrogen-bond acceptors (Lipinski definition) is 3. The molecule has 1 saturated carbocycles. The number of ether oxygens (including phenoxy) is 1. The third kappa shape index (κ3) is 3.47. The van der Waals surface area contributed by atoms with E-state index < -0.39 is 6.43 Å². The summed E-state index contributed by atoms with van der Waals surface area (Å²) in [6.07, 6.45) is 4.20. The summed E-state index contributed by atoms with van der Waals surface area (Å²) < 4.78 is 33.7. The molecule has 1 aliphatic carbocycles. The lowest BCUT2D eigenvalue weighted by atomic mass is 9.98. The predicted molar refractivity (Wildman–Crippen MR) is 90.3 cm³/mol. The summed E-state index contributed by atoms with van der Waals surface area (Å²) in [4.78, 5) is 4.02. The molecular formula is C18H21F2N3O. The predicted octanol–water partition coefficient (Wildman–Crippen LogP) is 5.16. The molecule has 1 aliphatic rings. The number of alkyl halides is 2. The highest BCUT2D eigenvalue weighted by atomic mass is 19.3. The third-order valence-electron chi connectivity index (χ3n) is 4.32. The third-order valence-corrected chi connectivity index (χ3v) is 4.32. The maximum absolute atomic E-state index is 13.3. The van der Waals surface area contributed by atoms with Crippen LogP contribution in [0.5, 0.6) is 0 Å². The number of fused-ring (bicyclic) bond motifs is 1. The zero-order chi connectivity index (χ0) is 17.1. The summed E-state index contributed by atoms with van der Waals surface area (Å²) in [5.41, 5.74) is 1.62. The Hall–Kier alpha value is -2.24. The van der Waals surface area contributed by atoms with Gasteiger partial charge in [0.05, 0.1) is 11.0 Å². The Morgan fingerprint density at radius 1 is 1.29 bits per heavy atom. The number of allylic oxidation sites excluding steroid dienone is 1. The summed E-state index contributed by atoms with van der Waals surface area (Å²) in [7, 11) is 0. The van der Waals surface area contributed by atoms with Crippen LogP contribution >= 0.6 is 0 Å². The molecule has 1 N–H and O–H groups in total. The fourth-order valence-corrected chi connectivity index (χ4v) is 3.21. The second-order valence-corrected chi connectivity index (χ2v) is 6.12. The van der Waals surface area contributed by atoms with Crippen LogP contribution in [0.15, 0.2) is 30.3 Å². The van der Waals surface area contributed by atoms with Gasteiger partial charge in [-0.05, 0) is 44.7 Å². The van der Waals surface area contributed by atoms with Gasteiger partial charge in [-0.3, -0.25) is 9.98 Å². The van der Waals surface area contributed by atoms with Gasteiger partial charge in [0.25, 0.3) is 6.43 Å². The lowest BCUT2D eigenvalue weighted by Crippen LogP contribution is -2.19. The van der Waals surface area contributed by atoms with E-state index in [1.54, 1.807) is 31.2 Å². The van der Waals surface area contributed by atoms with E-state index in [0.717, 1.165) is 25.7 Å². The van der Waals surface area contributed by atoms with Crippen LogP contribution in [0.3, 0.4) is 0 Å². The van der Waals surface area contributed by atoms with E-state index in [-0.39, 0.29) is 17.8 Å². The van der Waals surface area contributed by atoms with Crippen LogP contribution in [-0.2, 0) is 4.74 Å². The van der Waals surface area contributed by atoms with Gasteiger partial charge < -0.3 is 4.74 Å². The van der Waals surface area contributed by atoms with Gasteiger partial charge in [-0.1, -0.05) is 18.6 Å². The summed E-state index contributed by atoms with van der Waals surface area (Å²) in [5.74, 6) is -0.298. The highest BCUT2D eigenvalue weighted by Crippen LogP contribution is 2.27. The first-order valence-electron chi connectivity index (χ1n) is 8.25. The number of benzene rings is 1. The number of nitrogens with zero attached hydrogens (tertiary/aromatic N) is 2. The maximum atomic E-state index is 13.3. The van der Waals surface area contributed by atoms with Gasteiger partial charge in [-0.15, -0.1) is 0 Å². The van der Waals surface area contributed by atoms with Crippen LogP contribution in [0.4, 0.5) is 8.78 Å². The average molecular weight is 333 g/mol. The van der Waals surface area contributed by atoms with E-state index in [4.69, 9.17) is 10.1 Å². The molecule has 3 rings (SSSR count). The van der Waals surface area contributed by atoms with Crippen molar-refractivity contribution in [3.8, 4) is 0 Å². The number of halogens is 2. The fourth-order valence-electron chi connectivity index (χ4n) is 3.21. The number of para-hydroxylation sites is 2. The molecule has 0 amide bonds. The molecule has 1 aromatic heterocycles. The van der Waals surface area contributed by atoms with Crippen molar-refractivity contribution >= 4 is 22.6 Å². The van der Waals surface area contributed by atoms with Crippen molar-refractivity contribution in [2.24, 2.45) is 0 Å². The molecule has 1 fully saturated rings. The highest BCUT2D eigenvalue weighted by molar-refractivity contribution is 5.92. The molecule has 24 heavy (non-hydrogen) atoms. The van der Waals surface area contributed by atoms with Gasteiger partial charge in [-0.2, -0.15) is 0 Å². The van der Waals surface area contributed by atoms with Gasteiger partial charge in [0, 0.05) is 11.8 Å². The van der Waals surface area contributed by atoms with Crippen LogP contribution in [0, 0.1) is 5.41 Å². The van der Waals surface area contributed by atoms with Crippen LogP contribution in [0.25, 0.3) is 16.7 Å². The molecule has 0 bridgehead atoms. The minimum Gasteiger partial charge on any atom is -0.475 e. The second-order valence-electron chi connectivity index (χ2n) is 6.12. The van der Waals surface area contributed by atoms with E-state index in [2.05, 4.69) is 4.98 Å². The second kappa shape index (κ2) is 7.11. The van der Waals surface area contributed by atoms with Gasteiger partial charge in [0.15, 0.2) is 5.82 Å². The molecule has 1 heterocycles. The Morgan fingerprint density at radius 3 is 2.71 bits per heavy atom. The Morgan fingerprint density at radius 2 is 2.00 bits per heavy atom. The fraction of sp³-hybridized carbons (Fsp3) is 0.444. The van der Waals surface area contributed by atoms with Crippen molar-refractivity contribution in [3.63, 3.8) is 0 Å². The van der Waals surface area contributed by atoms with Crippen molar-refractivity contribution in [3.05, 3.63) is 36.2 Å². The van der Waals surface area contributed by atoms with E-state index in [1.165, 1.54) is 17.1 Å². The molecule has 0 spiro atoms. The minimum absolute atomic E-state index is 0.0115. The number of nitrogens with one attached hydrogen (secondary N) is 1. The topological polar surface area (TPSA) is 50.9 Å². The molecule has 4 nitrogen and oxygen atoms in total. The summed E-state index contributed by atoms with van der Waals surface area (Å²) in [6.45, 7) is 1.69. The molecule has 2 aromatic rings. The molecule has 0 saturated heterocycles. The number of aromatic nitrogens is 2. The van der Waals surface area contributed by atoms with Crippen molar-refractivity contribution in [2.45, 2.75) is 51.6 Å². The van der Waals surface area contributed by atoms with Gasteiger partial charge >= 0.3 is 0 Å². The lowest BCUT2D eigenvalue weighted by Gasteiger charge is -2.22. The van der Waals surface area contributed by atoms with Crippen molar-refractivity contribution in [2.75, 3.05) is 0 Å². The van der Waals surface area contributed by atoms with Crippen molar-refractivity contribution in [1.29, 1.82) is 5.41 Å². The zero-order valence-electron chi connectivity index (χ0n) is 13.6. The smallest absolute Gasteiger partial charge is 0.295 e. The van der Waals surface area contributed by atoms with E-state index >= 15 is 0 Å². The van der Waals surface area contributed by atoms with Gasteiger partial charge in [-0.25, -0.2) is 13.8 Å². The van der Waals surface area contributed by atoms with E-state index in [0.29, 0.717) is 16.7 Å². The maximum Gasteiger partial charge on any atom is 0.295 e. The van der Waals surface area contributed by atoms with E-state index in [9.17, 15) is 8.78 Å². The van der Waals surface area contributed by atoms with Crippen LogP contribution in [-0.4, -0.2) is 21.6 Å². The Kier molecular flexibility index (Phi) is 4.92. The van der Waals surface area contributed by atoms with E-state index in [1.807, 2.05) is 0 Å². The first-order valence-corrected chi connectivity index (χ1v) is 8.25. The summed E-state index contributed by atoms with van der Waals surface area (Å²) in [5, 5.41) is 8.02. The minimum atomic E-state index is -2.69. The first kappa shape index (κ1) is 16.6.